The second-order valence-corrected chi connectivity index (χ2v) is 3.62. The number of rotatable bonds is 7. The minimum Gasteiger partial charge on any atom is -0.487 e. The van der Waals surface area contributed by atoms with Crippen molar-refractivity contribution in [3.05, 3.63) is 34.4 Å². The molecule has 0 amide bonds. The van der Waals surface area contributed by atoms with Crippen molar-refractivity contribution in [2.24, 2.45) is 10.9 Å². The van der Waals surface area contributed by atoms with Crippen molar-refractivity contribution in [3.8, 4) is 5.75 Å². The van der Waals surface area contributed by atoms with E-state index in [-0.39, 0.29) is 17.3 Å². The molecule has 0 bridgehead atoms. The van der Waals surface area contributed by atoms with Gasteiger partial charge in [0.05, 0.1) is 11.5 Å². The fourth-order valence-electron chi connectivity index (χ4n) is 1.37. The smallest absolute Gasteiger partial charge is 0.310 e. The number of hydrogen-bond acceptors (Lipinski definition) is 5. The highest BCUT2D eigenvalue weighted by Gasteiger charge is 2.12. The zero-order valence-electron chi connectivity index (χ0n) is 9.78. The molecule has 1 aromatic rings. The summed E-state index contributed by atoms with van der Waals surface area (Å²) in [7, 11) is 0. The Kier molecular flexibility index (Phi) is 5.43. The normalized spacial score (nSPS) is 11.2. The lowest BCUT2D eigenvalue weighted by molar-refractivity contribution is -0.385. The van der Waals surface area contributed by atoms with Crippen LogP contribution in [0, 0.1) is 10.1 Å². The van der Waals surface area contributed by atoms with Gasteiger partial charge in [-0.15, -0.1) is 0 Å². The number of hydrogen-bond donors (Lipinski definition) is 2. The Bertz CT molecular complexity index is 434. The number of amidine groups is 1. The van der Waals surface area contributed by atoms with Crippen LogP contribution in [0.5, 0.6) is 5.75 Å². The predicted molar refractivity (Wildman–Crippen MR) is 65.9 cm³/mol. The third-order valence-electron chi connectivity index (χ3n) is 2.28. The van der Waals surface area contributed by atoms with Crippen molar-refractivity contribution in [2.75, 3.05) is 6.61 Å². The third-order valence-corrected chi connectivity index (χ3v) is 2.28. The maximum atomic E-state index is 10.7. The Morgan fingerprint density at radius 2 is 2.17 bits per heavy atom. The Balaban J connectivity index is 2.38. The molecule has 0 spiro atoms. The first kappa shape index (κ1) is 13.8. The topological polar surface area (TPSA) is 111 Å². The fourth-order valence-corrected chi connectivity index (χ4v) is 1.37. The average molecular weight is 253 g/mol. The van der Waals surface area contributed by atoms with E-state index in [1.165, 1.54) is 6.07 Å². The number of nitro groups is 1. The van der Waals surface area contributed by atoms with E-state index in [4.69, 9.17) is 15.7 Å². The molecule has 98 valence electrons. The number of ether oxygens (including phenoxy) is 1. The van der Waals surface area contributed by atoms with Gasteiger partial charge < -0.3 is 15.7 Å². The fraction of sp³-hybridized carbons (Fsp3) is 0.364. The average Bonchev–Trinajstić information content (AvgIpc) is 2.38. The third kappa shape index (κ3) is 4.28. The molecule has 7 nitrogen and oxygen atoms in total. The van der Waals surface area contributed by atoms with Crippen LogP contribution in [0.3, 0.4) is 0 Å². The highest BCUT2D eigenvalue weighted by Crippen LogP contribution is 2.25. The summed E-state index contributed by atoms with van der Waals surface area (Å²) in [5, 5.41) is 21.9. The van der Waals surface area contributed by atoms with Crippen molar-refractivity contribution < 1.29 is 14.9 Å². The first-order chi connectivity index (χ1) is 8.65. The first-order valence-electron chi connectivity index (χ1n) is 5.47. The van der Waals surface area contributed by atoms with Gasteiger partial charge >= 0.3 is 5.69 Å². The Morgan fingerprint density at radius 1 is 1.44 bits per heavy atom. The molecule has 0 aliphatic heterocycles. The maximum absolute atomic E-state index is 10.7. The van der Waals surface area contributed by atoms with Gasteiger partial charge in [0, 0.05) is 12.5 Å². The van der Waals surface area contributed by atoms with Crippen LogP contribution in [0.25, 0.3) is 0 Å². The van der Waals surface area contributed by atoms with Crippen molar-refractivity contribution in [1.82, 2.24) is 0 Å². The van der Waals surface area contributed by atoms with Gasteiger partial charge in [-0.2, -0.15) is 0 Å². The summed E-state index contributed by atoms with van der Waals surface area (Å²) in [4.78, 5) is 10.2. The minimum atomic E-state index is -0.480. The van der Waals surface area contributed by atoms with Crippen LogP contribution >= 0.6 is 0 Å². The lowest BCUT2D eigenvalue weighted by atomic mass is 10.2. The van der Waals surface area contributed by atoms with Crippen molar-refractivity contribution in [3.63, 3.8) is 0 Å². The molecule has 18 heavy (non-hydrogen) atoms. The number of oxime groups is 1. The molecule has 0 aliphatic rings. The van der Waals surface area contributed by atoms with Crippen LogP contribution in [0.15, 0.2) is 29.4 Å². The van der Waals surface area contributed by atoms with E-state index in [1.807, 2.05) is 0 Å². The zero-order chi connectivity index (χ0) is 13.4. The molecule has 0 aliphatic carbocycles. The Hall–Kier alpha value is -2.31. The quantitative estimate of drug-likeness (QED) is 0.192. The summed E-state index contributed by atoms with van der Waals surface area (Å²) in [6.45, 7) is 0.351. The molecule has 0 aromatic heterocycles. The van der Waals surface area contributed by atoms with Gasteiger partial charge in [-0.1, -0.05) is 17.3 Å². The summed E-state index contributed by atoms with van der Waals surface area (Å²) in [6, 6.07) is 6.22. The van der Waals surface area contributed by atoms with E-state index in [1.54, 1.807) is 18.2 Å². The zero-order valence-corrected chi connectivity index (χ0v) is 9.78. The summed E-state index contributed by atoms with van der Waals surface area (Å²) in [6.07, 6.45) is 1.83. The lowest BCUT2D eigenvalue weighted by Gasteiger charge is -2.06. The number of unbranched alkanes of at least 4 members (excludes halogenated alkanes) is 1. The Morgan fingerprint density at radius 3 is 2.83 bits per heavy atom. The Labute approximate surface area is 104 Å². The van der Waals surface area contributed by atoms with Crippen LogP contribution in [-0.2, 0) is 0 Å². The molecule has 0 saturated heterocycles. The molecule has 0 unspecified atom stereocenters. The van der Waals surface area contributed by atoms with Gasteiger partial charge in [0.2, 0.25) is 0 Å². The van der Waals surface area contributed by atoms with E-state index in [9.17, 15) is 10.1 Å². The molecular formula is C11H15N3O4. The molecule has 0 radical (unpaired) electrons. The standard InChI is InChI=1S/C11H15N3O4/c12-11(13-15)7-3-4-8-18-10-6-2-1-5-9(10)14(16)17/h1-2,5-6,15H,3-4,7-8H2,(H2,12,13). The minimum absolute atomic E-state index is 0.0473. The second kappa shape index (κ2) is 7.10. The number of benzene rings is 1. The van der Waals surface area contributed by atoms with E-state index >= 15 is 0 Å². The van der Waals surface area contributed by atoms with Gasteiger partial charge in [0.15, 0.2) is 5.75 Å². The largest absolute Gasteiger partial charge is 0.487 e. The molecule has 0 heterocycles. The number of nitrogens with zero attached hydrogens (tertiary/aromatic N) is 2. The van der Waals surface area contributed by atoms with Crippen LogP contribution in [-0.4, -0.2) is 22.6 Å². The molecule has 1 rings (SSSR count). The highest BCUT2D eigenvalue weighted by atomic mass is 16.6. The van der Waals surface area contributed by atoms with Crippen LogP contribution < -0.4 is 10.5 Å². The van der Waals surface area contributed by atoms with Crippen LogP contribution in [0.2, 0.25) is 0 Å². The molecule has 0 fully saturated rings. The molecule has 3 N–H and O–H groups in total. The first-order valence-corrected chi connectivity index (χ1v) is 5.47. The van der Waals surface area contributed by atoms with Crippen molar-refractivity contribution in [2.45, 2.75) is 19.3 Å². The second-order valence-electron chi connectivity index (χ2n) is 3.62. The summed E-state index contributed by atoms with van der Waals surface area (Å²) in [5.41, 5.74) is 5.25. The van der Waals surface area contributed by atoms with Crippen LogP contribution in [0.4, 0.5) is 5.69 Å². The van der Waals surface area contributed by atoms with E-state index in [0.29, 0.717) is 25.9 Å². The number of nitro benzene ring substituents is 1. The van der Waals surface area contributed by atoms with Gasteiger partial charge in [0.25, 0.3) is 0 Å². The molecule has 7 heteroatoms. The predicted octanol–water partition coefficient (Wildman–Crippen LogP) is 1.89. The molecule has 0 atom stereocenters. The summed E-state index contributed by atoms with van der Waals surface area (Å²) in [5.74, 6) is 0.423. The number of para-hydroxylation sites is 2. The van der Waals surface area contributed by atoms with E-state index in [0.717, 1.165) is 0 Å². The van der Waals surface area contributed by atoms with Gasteiger partial charge in [-0.3, -0.25) is 10.1 Å². The maximum Gasteiger partial charge on any atom is 0.310 e. The van der Waals surface area contributed by atoms with Gasteiger partial charge in [-0.05, 0) is 18.9 Å². The highest BCUT2D eigenvalue weighted by molar-refractivity contribution is 5.79. The van der Waals surface area contributed by atoms with Crippen molar-refractivity contribution >= 4 is 11.5 Å². The molecular weight excluding hydrogens is 238 g/mol. The lowest BCUT2D eigenvalue weighted by Crippen LogP contribution is -2.11. The van der Waals surface area contributed by atoms with Gasteiger partial charge in [-0.25, -0.2) is 0 Å². The number of nitrogens with two attached hydrogens (primary N) is 1. The monoisotopic (exact) mass is 253 g/mol. The van der Waals surface area contributed by atoms with Crippen LogP contribution in [0.1, 0.15) is 19.3 Å². The SMILES string of the molecule is N/C(CCCCOc1ccccc1[N+](=O)[O-])=N/O. The van der Waals surface area contributed by atoms with Gasteiger partial charge in [0.1, 0.15) is 5.84 Å². The van der Waals surface area contributed by atoms with Crippen molar-refractivity contribution in [1.29, 1.82) is 0 Å². The molecule has 0 saturated carbocycles. The van der Waals surface area contributed by atoms with E-state index < -0.39 is 4.92 Å². The molecule has 1 aromatic carbocycles. The van der Waals surface area contributed by atoms with E-state index in [2.05, 4.69) is 5.16 Å². The summed E-state index contributed by atoms with van der Waals surface area (Å²) >= 11 is 0. The summed E-state index contributed by atoms with van der Waals surface area (Å²) < 4.78 is 5.33.